The van der Waals surface area contributed by atoms with Crippen molar-refractivity contribution in [1.82, 2.24) is 0 Å². The molecule has 0 bridgehead atoms. The summed E-state index contributed by atoms with van der Waals surface area (Å²) in [4.78, 5) is 0. The van der Waals surface area contributed by atoms with Crippen LogP contribution < -0.4 is 5.32 Å². The topological polar surface area (TPSA) is 32.3 Å². The van der Waals surface area contributed by atoms with E-state index < -0.39 is 0 Å². The molecule has 0 radical (unpaired) electrons. The van der Waals surface area contributed by atoms with Crippen LogP contribution in [0.3, 0.4) is 0 Å². The van der Waals surface area contributed by atoms with E-state index >= 15 is 0 Å². The van der Waals surface area contributed by atoms with E-state index in [1.54, 1.807) is 12.1 Å². The lowest BCUT2D eigenvalue weighted by molar-refractivity contribution is 0.476. The summed E-state index contributed by atoms with van der Waals surface area (Å²) >= 11 is 6.10. The van der Waals surface area contributed by atoms with Crippen molar-refractivity contribution in [1.29, 1.82) is 0 Å². The fraction of sp³-hybridized carbons (Fsp3) is 0.294. The summed E-state index contributed by atoms with van der Waals surface area (Å²) in [6.07, 6.45) is 0. The van der Waals surface area contributed by atoms with Crippen LogP contribution in [0.5, 0.6) is 5.75 Å². The quantitative estimate of drug-likeness (QED) is 0.788. The standard InChI is InChI=1S/C17H20ClNO/c1-10-5-11(2)14(12(3)6-10)9-19-16-8-15(18)13(4)7-17(16)20/h5-8,19-20H,9H2,1-4H3. The molecule has 0 heterocycles. The summed E-state index contributed by atoms with van der Waals surface area (Å²) in [5, 5.41) is 13.9. The Morgan fingerprint density at radius 1 is 0.950 bits per heavy atom. The minimum absolute atomic E-state index is 0.231. The van der Waals surface area contributed by atoms with Gasteiger partial charge in [0, 0.05) is 11.6 Å². The molecule has 2 aromatic carbocycles. The first kappa shape index (κ1) is 14.7. The summed E-state index contributed by atoms with van der Waals surface area (Å²) in [5.41, 5.74) is 6.58. The van der Waals surface area contributed by atoms with E-state index in [4.69, 9.17) is 11.6 Å². The van der Waals surface area contributed by atoms with Crippen molar-refractivity contribution in [3.8, 4) is 5.75 Å². The first-order valence-corrected chi connectivity index (χ1v) is 7.06. The average Bonchev–Trinajstić information content (AvgIpc) is 2.33. The molecule has 106 valence electrons. The van der Waals surface area contributed by atoms with Gasteiger partial charge in [-0.1, -0.05) is 29.3 Å². The Balaban J connectivity index is 2.23. The van der Waals surface area contributed by atoms with Gasteiger partial charge in [0.25, 0.3) is 0 Å². The lowest BCUT2D eigenvalue weighted by Gasteiger charge is -2.14. The molecule has 0 fully saturated rings. The maximum absolute atomic E-state index is 9.96. The Morgan fingerprint density at radius 3 is 2.15 bits per heavy atom. The van der Waals surface area contributed by atoms with E-state index in [0.717, 1.165) is 5.56 Å². The molecule has 3 heteroatoms. The van der Waals surface area contributed by atoms with Gasteiger partial charge in [0.05, 0.1) is 5.69 Å². The predicted molar refractivity (Wildman–Crippen MR) is 85.8 cm³/mol. The average molecular weight is 290 g/mol. The van der Waals surface area contributed by atoms with Gasteiger partial charge >= 0.3 is 0 Å². The SMILES string of the molecule is Cc1cc(C)c(CNc2cc(Cl)c(C)cc2O)c(C)c1. The number of anilines is 1. The van der Waals surface area contributed by atoms with Gasteiger partial charge in [0.2, 0.25) is 0 Å². The third-order valence-corrected chi connectivity index (χ3v) is 3.98. The van der Waals surface area contributed by atoms with Crippen LogP contribution in [-0.2, 0) is 6.54 Å². The number of nitrogens with one attached hydrogen (secondary N) is 1. The number of halogens is 1. The maximum Gasteiger partial charge on any atom is 0.139 e. The van der Waals surface area contributed by atoms with E-state index in [2.05, 4.69) is 38.2 Å². The summed E-state index contributed by atoms with van der Waals surface area (Å²) in [6, 6.07) is 7.79. The van der Waals surface area contributed by atoms with Gasteiger partial charge in [-0.05, 0) is 62.1 Å². The molecule has 2 N–H and O–H groups in total. The second kappa shape index (κ2) is 5.76. The molecule has 0 saturated heterocycles. The van der Waals surface area contributed by atoms with Crippen LogP contribution in [0.2, 0.25) is 5.02 Å². The molecule has 2 rings (SSSR count). The molecular formula is C17H20ClNO. The number of hydrogen-bond acceptors (Lipinski definition) is 2. The molecule has 0 spiro atoms. The number of aryl methyl sites for hydroxylation is 4. The van der Waals surface area contributed by atoms with Crippen molar-refractivity contribution in [3.05, 3.63) is 57.1 Å². The van der Waals surface area contributed by atoms with E-state index in [1.165, 1.54) is 22.3 Å². The van der Waals surface area contributed by atoms with Crippen molar-refractivity contribution in [3.63, 3.8) is 0 Å². The minimum Gasteiger partial charge on any atom is -0.506 e. The van der Waals surface area contributed by atoms with Crippen molar-refractivity contribution in [2.75, 3.05) is 5.32 Å². The smallest absolute Gasteiger partial charge is 0.139 e. The minimum atomic E-state index is 0.231. The van der Waals surface area contributed by atoms with Crippen LogP contribution in [0.15, 0.2) is 24.3 Å². The number of aromatic hydroxyl groups is 1. The molecule has 0 atom stereocenters. The second-order valence-corrected chi connectivity index (χ2v) is 5.76. The lowest BCUT2D eigenvalue weighted by Crippen LogP contribution is -2.04. The number of benzene rings is 2. The van der Waals surface area contributed by atoms with Crippen LogP contribution in [0.4, 0.5) is 5.69 Å². The zero-order chi connectivity index (χ0) is 14.9. The number of phenols is 1. The Hall–Kier alpha value is -1.67. The largest absolute Gasteiger partial charge is 0.506 e. The third kappa shape index (κ3) is 3.07. The number of phenolic OH excluding ortho intramolecular Hbond substituents is 1. The molecule has 0 aromatic heterocycles. The predicted octanol–water partition coefficient (Wildman–Crippen LogP) is 4.89. The van der Waals surface area contributed by atoms with E-state index in [0.29, 0.717) is 17.3 Å². The van der Waals surface area contributed by atoms with Gasteiger partial charge in [-0.3, -0.25) is 0 Å². The highest BCUT2D eigenvalue weighted by Gasteiger charge is 2.08. The third-order valence-electron chi connectivity index (χ3n) is 3.57. The van der Waals surface area contributed by atoms with Gasteiger partial charge in [-0.25, -0.2) is 0 Å². The lowest BCUT2D eigenvalue weighted by atomic mass is 10.00. The van der Waals surface area contributed by atoms with Gasteiger partial charge in [0.15, 0.2) is 0 Å². The maximum atomic E-state index is 9.96. The number of hydrogen-bond donors (Lipinski definition) is 2. The van der Waals surface area contributed by atoms with Gasteiger partial charge in [0.1, 0.15) is 5.75 Å². The zero-order valence-electron chi connectivity index (χ0n) is 12.3. The first-order chi connectivity index (χ1) is 9.38. The van der Waals surface area contributed by atoms with Crippen molar-refractivity contribution in [2.24, 2.45) is 0 Å². The van der Waals surface area contributed by atoms with Gasteiger partial charge < -0.3 is 10.4 Å². The molecule has 20 heavy (non-hydrogen) atoms. The zero-order valence-corrected chi connectivity index (χ0v) is 13.1. The van der Waals surface area contributed by atoms with Crippen LogP contribution in [-0.4, -0.2) is 5.11 Å². The van der Waals surface area contributed by atoms with Crippen LogP contribution in [0.25, 0.3) is 0 Å². The highest BCUT2D eigenvalue weighted by atomic mass is 35.5. The summed E-state index contributed by atoms with van der Waals surface area (Å²) in [5.74, 6) is 0.231. The molecule has 2 aromatic rings. The van der Waals surface area contributed by atoms with E-state index in [-0.39, 0.29) is 5.75 Å². The Labute approximate surface area is 125 Å². The fourth-order valence-electron chi connectivity index (χ4n) is 2.48. The molecule has 0 aliphatic heterocycles. The Kier molecular flexibility index (Phi) is 4.24. The fourth-order valence-corrected chi connectivity index (χ4v) is 2.64. The monoisotopic (exact) mass is 289 g/mol. The Morgan fingerprint density at radius 2 is 1.55 bits per heavy atom. The molecule has 0 aliphatic carbocycles. The van der Waals surface area contributed by atoms with E-state index in [1.807, 2.05) is 6.92 Å². The molecule has 0 unspecified atom stereocenters. The summed E-state index contributed by atoms with van der Waals surface area (Å²) < 4.78 is 0. The second-order valence-electron chi connectivity index (χ2n) is 5.35. The van der Waals surface area contributed by atoms with Crippen molar-refractivity contribution >= 4 is 17.3 Å². The molecule has 0 saturated carbocycles. The first-order valence-electron chi connectivity index (χ1n) is 6.68. The highest BCUT2D eigenvalue weighted by Crippen LogP contribution is 2.30. The normalized spacial score (nSPS) is 10.7. The van der Waals surface area contributed by atoms with Crippen LogP contribution >= 0.6 is 11.6 Å². The van der Waals surface area contributed by atoms with Crippen molar-refractivity contribution in [2.45, 2.75) is 34.2 Å². The molecule has 2 nitrogen and oxygen atoms in total. The highest BCUT2D eigenvalue weighted by molar-refractivity contribution is 6.31. The number of rotatable bonds is 3. The molecular weight excluding hydrogens is 270 g/mol. The van der Waals surface area contributed by atoms with Gasteiger partial charge in [-0.2, -0.15) is 0 Å². The van der Waals surface area contributed by atoms with Gasteiger partial charge in [-0.15, -0.1) is 0 Å². The Bertz CT molecular complexity index is 627. The van der Waals surface area contributed by atoms with E-state index in [9.17, 15) is 5.11 Å². The summed E-state index contributed by atoms with van der Waals surface area (Å²) in [7, 11) is 0. The van der Waals surface area contributed by atoms with Crippen molar-refractivity contribution < 1.29 is 5.11 Å². The van der Waals surface area contributed by atoms with Crippen LogP contribution in [0.1, 0.15) is 27.8 Å². The van der Waals surface area contributed by atoms with Crippen LogP contribution in [0, 0.1) is 27.7 Å². The molecule has 0 aliphatic rings. The molecule has 0 amide bonds. The summed E-state index contributed by atoms with van der Waals surface area (Å²) in [6.45, 7) is 8.87.